The highest BCUT2D eigenvalue weighted by atomic mass is 35.5. The first-order valence-corrected chi connectivity index (χ1v) is 10.5. The molecule has 0 N–H and O–H groups in total. The van der Waals surface area contributed by atoms with Crippen LogP contribution in [0.3, 0.4) is 0 Å². The number of hydrogen-bond acceptors (Lipinski definition) is 0. The van der Waals surface area contributed by atoms with Crippen LogP contribution in [0.4, 0.5) is 4.39 Å². The van der Waals surface area contributed by atoms with Crippen molar-refractivity contribution < 1.29 is 4.39 Å². The highest BCUT2D eigenvalue weighted by Crippen LogP contribution is 2.49. The second kappa shape index (κ2) is 6.98. The van der Waals surface area contributed by atoms with Crippen LogP contribution in [0.2, 0.25) is 5.02 Å². The summed E-state index contributed by atoms with van der Waals surface area (Å²) in [5.41, 5.74) is 2.13. The van der Waals surface area contributed by atoms with Crippen molar-refractivity contribution in [3.05, 3.63) is 34.1 Å². The van der Waals surface area contributed by atoms with E-state index in [0.29, 0.717) is 5.02 Å². The third-order valence-corrected chi connectivity index (χ3v) is 7.84. The quantitative estimate of drug-likeness (QED) is 0.549. The Kier molecular flexibility index (Phi) is 4.91. The summed E-state index contributed by atoms with van der Waals surface area (Å²) in [7, 11) is 0. The van der Waals surface area contributed by atoms with E-state index in [9.17, 15) is 4.39 Å². The Bertz CT molecular complexity index is 596. The third-order valence-electron chi connectivity index (χ3n) is 7.55. The second-order valence-electron chi connectivity index (χ2n) is 8.68. The fraction of sp³-hybridized carbons (Fsp3) is 0.727. The molecule has 0 radical (unpaired) electrons. The molecular weight excluding hydrogens is 319 g/mol. The lowest BCUT2D eigenvalue weighted by atomic mass is 9.61. The average Bonchev–Trinajstić information content (AvgIpc) is 2.63. The minimum Gasteiger partial charge on any atom is -0.205 e. The molecule has 0 bridgehead atoms. The summed E-state index contributed by atoms with van der Waals surface area (Å²) >= 11 is 5.96. The molecule has 0 amide bonds. The maximum absolute atomic E-state index is 14.2. The molecule has 0 spiro atoms. The first-order valence-electron chi connectivity index (χ1n) is 10.1. The SMILES string of the molecule is CCC1CCC2CC(C3CCc4c(ccc(Cl)c4F)C3)CCC2C1. The summed E-state index contributed by atoms with van der Waals surface area (Å²) in [6.07, 6.45) is 13.2. The Balaban J connectivity index is 1.42. The van der Waals surface area contributed by atoms with Crippen LogP contribution in [0.5, 0.6) is 0 Å². The molecule has 0 nitrogen and oxygen atoms in total. The molecule has 5 unspecified atom stereocenters. The van der Waals surface area contributed by atoms with Crippen molar-refractivity contribution in [3.63, 3.8) is 0 Å². The normalized spacial score (nSPS) is 36.0. The number of benzene rings is 1. The average molecular weight is 349 g/mol. The standard InChI is InChI=1S/C22H30ClF/c1-2-14-3-4-16-12-17(6-5-15(16)11-14)18-7-9-20-19(13-18)8-10-21(23)22(20)24/h8,10,14-18H,2-7,9,11-13H2,1H3. The van der Waals surface area contributed by atoms with Crippen molar-refractivity contribution in [2.75, 3.05) is 0 Å². The predicted octanol–water partition coefficient (Wildman–Crippen LogP) is 6.83. The van der Waals surface area contributed by atoms with Crippen LogP contribution in [0.1, 0.15) is 69.4 Å². The van der Waals surface area contributed by atoms with Crippen LogP contribution in [0.25, 0.3) is 0 Å². The van der Waals surface area contributed by atoms with Gasteiger partial charge in [-0.3, -0.25) is 0 Å². The van der Waals surface area contributed by atoms with E-state index in [4.69, 9.17) is 11.6 Å². The maximum atomic E-state index is 14.2. The van der Waals surface area contributed by atoms with Gasteiger partial charge in [0.2, 0.25) is 0 Å². The lowest BCUT2D eigenvalue weighted by Gasteiger charge is -2.45. The Morgan fingerprint density at radius 3 is 2.46 bits per heavy atom. The first kappa shape index (κ1) is 16.9. The van der Waals surface area contributed by atoms with Gasteiger partial charge < -0.3 is 0 Å². The highest BCUT2D eigenvalue weighted by Gasteiger charge is 2.38. The largest absolute Gasteiger partial charge is 0.205 e. The van der Waals surface area contributed by atoms with Crippen LogP contribution in [-0.4, -0.2) is 0 Å². The Morgan fingerprint density at radius 2 is 1.67 bits per heavy atom. The van der Waals surface area contributed by atoms with Gasteiger partial charge in [0.05, 0.1) is 5.02 Å². The fourth-order valence-electron chi connectivity index (χ4n) is 6.03. The molecule has 3 aliphatic rings. The van der Waals surface area contributed by atoms with Gasteiger partial charge in [0.1, 0.15) is 5.82 Å². The molecular formula is C22H30ClF. The van der Waals surface area contributed by atoms with Gasteiger partial charge in [-0.1, -0.05) is 37.4 Å². The van der Waals surface area contributed by atoms with Crippen molar-refractivity contribution in [3.8, 4) is 0 Å². The Labute approximate surface area is 151 Å². The summed E-state index contributed by atoms with van der Waals surface area (Å²) in [6.45, 7) is 2.36. The van der Waals surface area contributed by atoms with Crippen molar-refractivity contribution in [2.45, 2.75) is 71.1 Å². The summed E-state index contributed by atoms with van der Waals surface area (Å²) < 4.78 is 14.2. The van der Waals surface area contributed by atoms with Gasteiger partial charge in [-0.15, -0.1) is 0 Å². The Morgan fingerprint density at radius 1 is 0.958 bits per heavy atom. The van der Waals surface area contributed by atoms with E-state index < -0.39 is 0 Å². The topological polar surface area (TPSA) is 0 Å². The number of hydrogen-bond donors (Lipinski definition) is 0. The van der Waals surface area contributed by atoms with Crippen LogP contribution >= 0.6 is 11.6 Å². The fourth-order valence-corrected chi connectivity index (χ4v) is 6.21. The minimum absolute atomic E-state index is 0.158. The minimum atomic E-state index is -0.158. The zero-order valence-electron chi connectivity index (χ0n) is 14.9. The van der Waals surface area contributed by atoms with Gasteiger partial charge in [0, 0.05) is 0 Å². The lowest BCUT2D eigenvalue weighted by molar-refractivity contribution is 0.0707. The van der Waals surface area contributed by atoms with Crippen molar-refractivity contribution in [1.29, 1.82) is 0 Å². The van der Waals surface area contributed by atoms with Gasteiger partial charge in [0.25, 0.3) is 0 Å². The predicted molar refractivity (Wildman–Crippen MR) is 98.9 cm³/mol. The van der Waals surface area contributed by atoms with Crippen molar-refractivity contribution in [2.24, 2.45) is 29.6 Å². The van der Waals surface area contributed by atoms with Gasteiger partial charge in [-0.2, -0.15) is 0 Å². The van der Waals surface area contributed by atoms with Crippen molar-refractivity contribution in [1.82, 2.24) is 0 Å². The molecule has 3 aliphatic carbocycles. The van der Waals surface area contributed by atoms with E-state index in [2.05, 4.69) is 13.0 Å². The van der Waals surface area contributed by atoms with Crippen molar-refractivity contribution >= 4 is 11.6 Å². The molecule has 0 saturated heterocycles. The van der Waals surface area contributed by atoms with Gasteiger partial charge in [0.15, 0.2) is 0 Å². The molecule has 0 aromatic heterocycles. The highest BCUT2D eigenvalue weighted by molar-refractivity contribution is 6.30. The van der Waals surface area contributed by atoms with Gasteiger partial charge in [-0.05, 0) is 98.1 Å². The molecule has 0 aliphatic heterocycles. The molecule has 4 rings (SSSR count). The number of rotatable bonds is 2. The summed E-state index contributed by atoms with van der Waals surface area (Å²) in [4.78, 5) is 0. The van der Waals surface area contributed by atoms with Crippen LogP contribution in [0, 0.1) is 35.4 Å². The summed E-state index contributed by atoms with van der Waals surface area (Å²) in [5, 5.41) is 0.292. The molecule has 0 heterocycles. The van der Waals surface area contributed by atoms with Gasteiger partial charge in [-0.25, -0.2) is 4.39 Å². The van der Waals surface area contributed by atoms with E-state index in [1.54, 1.807) is 6.07 Å². The number of fused-ring (bicyclic) bond motifs is 2. The summed E-state index contributed by atoms with van der Waals surface area (Å²) in [5.74, 6) is 4.47. The van der Waals surface area contributed by atoms with E-state index in [-0.39, 0.29) is 5.82 Å². The Hall–Kier alpha value is -0.560. The second-order valence-corrected chi connectivity index (χ2v) is 9.09. The van der Waals surface area contributed by atoms with Crippen LogP contribution < -0.4 is 0 Å². The first-order chi connectivity index (χ1) is 11.7. The van der Waals surface area contributed by atoms with E-state index in [1.165, 1.54) is 50.5 Å². The smallest absolute Gasteiger partial charge is 0.145 e. The van der Waals surface area contributed by atoms with Gasteiger partial charge >= 0.3 is 0 Å². The molecule has 1 aromatic carbocycles. The third kappa shape index (κ3) is 3.14. The monoisotopic (exact) mass is 348 g/mol. The van der Waals surface area contributed by atoms with Crippen LogP contribution in [-0.2, 0) is 12.8 Å². The van der Waals surface area contributed by atoms with E-state index in [0.717, 1.165) is 54.4 Å². The molecule has 1 aromatic rings. The maximum Gasteiger partial charge on any atom is 0.145 e. The van der Waals surface area contributed by atoms with Crippen LogP contribution in [0.15, 0.2) is 12.1 Å². The number of halogens is 2. The molecule has 2 heteroatoms. The zero-order chi connectivity index (χ0) is 16.7. The molecule has 2 fully saturated rings. The zero-order valence-corrected chi connectivity index (χ0v) is 15.6. The summed E-state index contributed by atoms with van der Waals surface area (Å²) in [6, 6.07) is 3.83. The lowest BCUT2D eigenvalue weighted by Crippen LogP contribution is -2.35. The molecule has 132 valence electrons. The molecule has 2 saturated carbocycles. The van der Waals surface area contributed by atoms with E-state index in [1.807, 2.05) is 0 Å². The molecule has 24 heavy (non-hydrogen) atoms. The molecule has 5 atom stereocenters. The van der Waals surface area contributed by atoms with E-state index >= 15 is 0 Å².